The van der Waals surface area contributed by atoms with Crippen LogP contribution in [0.3, 0.4) is 0 Å². The van der Waals surface area contributed by atoms with Crippen molar-refractivity contribution in [2.24, 2.45) is 0 Å². The summed E-state index contributed by atoms with van der Waals surface area (Å²) in [5.74, 6) is 1.57. The van der Waals surface area contributed by atoms with Gasteiger partial charge in [-0.1, -0.05) is 12.1 Å². The van der Waals surface area contributed by atoms with Gasteiger partial charge < -0.3 is 20.1 Å². The highest BCUT2D eigenvalue weighted by atomic mass is 32.1. The molecule has 0 amide bonds. The summed E-state index contributed by atoms with van der Waals surface area (Å²) in [5, 5.41) is 7.12. The van der Waals surface area contributed by atoms with Crippen molar-refractivity contribution < 1.29 is 9.47 Å². The van der Waals surface area contributed by atoms with Gasteiger partial charge >= 0.3 is 0 Å². The number of ether oxygens (including phenoxy) is 2. The highest BCUT2D eigenvalue weighted by Crippen LogP contribution is 2.34. The van der Waals surface area contributed by atoms with Gasteiger partial charge in [-0.05, 0) is 73.9 Å². The summed E-state index contributed by atoms with van der Waals surface area (Å²) < 4.78 is 10.7. The van der Waals surface area contributed by atoms with E-state index in [4.69, 9.17) is 21.7 Å². The van der Waals surface area contributed by atoms with Crippen molar-refractivity contribution in [1.29, 1.82) is 0 Å². The second kappa shape index (κ2) is 6.46. The summed E-state index contributed by atoms with van der Waals surface area (Å²) in [7, 11) is 0. The Hall–Kier alpha value is -2.27. The summed E-state index contributed by atoms with van der Waals surface area (Å²) in [6.07, 6.45) is 0. The number of nitrogens with one attached hydrogen (secondary N) is 2. The lowest BCUT2D eigenvalue weighted by Gasteiger charge is -2.18. The van der Waals surface area contributed by atoms with Crippen LogP contribution >= 0.6 is 12.2 Å². The van der Waals surface area contributed by atoms with E-state index in [9.17, 15) is 0 Å². The maximum absolute atomic E-state index is 5.42. The minimum atomic E-state index is 0.0658. The van der Waals surface area contributed by atoms with Gasteiger partial charge in [0.15, 0.2) is 16.6 Å². The van der Waals surface area contributed by atoms with Crippen LogP contribution < -0.4 is 20.1 Å². The monoisotopic (exact) mass is 328 g/mol. The molecule has 1 heterocycles. The Morgan fingerprint density at radius 2 is 1.83 bits per heavy atom. The molecular weight excluding hydrogens is 308 g/mol. The molecule has 0 radical (unpaired) electrons. The molecule has 1 unspecified atom stereocenters. The van der Waals surface area contributed by atoms with Gasteiger partial charge in [0.25, 0.3) is 0 Å². The Bertz CT molecular complexity index is 746. The summed E-state index contributed by atoms with van der Waals surface area (Å²) in [6.45, 7) is 6.53. The number of thiocarbonyl (C=S) groups is 1. The third kappa shape index (κ3) is 3.56. The van der Waals surface area contributed by atoms with E-state index in [0.717, 1.165) is 22.7 Å². The van der Waals surface area contributed by atoms with Crippen LogP contribution in [0, 0.1) is 13.8 Å². The average molecular weight is 328 g/mol. The van der Waals surface area contributed by atoms with Gasteiger partial charge in [-0.2, -0.15) is 0 Å². The van der Waals surface area contributed by atoms with E-state index >= 15 is 0 Å². The zero-order valence-corrected chi connectivity index (χ0v) is 14.3. The van der Waals surface area contributed by atoms with E-state index in [1.165, 1.54) is 11.1 Å². The lowest BCUT2D eigenvalue weighted by atomic mass is 10.1. The van der Waals surface area contributed by atoms with E-state index in [1.807, 2.05) is 24.3 Å². The molecule has 1 atom stereocenters. The van der Waals surface area contributed by atoms with Gasteiger partial charge in [-0.25, -0.2) is 0 Å². The topological polar surface area (TPSA) is 42.5 Å². The van der Waals surface area contributed by atoms with Crippen LogP contribution in [0.15, 0.2) is 36.4 Å². The summed E-state index contributed by atoms with van der Waals surface area (Å²) in [6, 6.07) is 12.2. The van der Waals surface area contributed by atoms with Gasteiger partial charge in [-0.15, -0.1) is 0 Å². The minimum absolute atomic E-state index is 0.0658. The largest absolute Gasteiger partial charge is 0.454 e. The first kappa shape index (κ1) is 15.6. The quantitative estimate of drug-likeness (QED) is 0.831. The number of aryl methyl sites for hydroxylation is 2. The lowest BCUT2D eigenvalue weighted by molar-refractivity contribution is 0.174. The average Bonchev–Trinajstić information content (AvgIpc) is 2.98. The van der Waals surface area contributed by atoms with Crippen molar-refractivity contribution in [3.05, 3.63) is 53.1 Å². The lowest BCUT2D eigenvalue weighted by Crippen LogP contribution is -2.30. The third-order valence-electron chi connectivity index (χ3n) is 4.01. The van der Waals surface area contributed by atoms with E-state index < -0.39 is 0 Å². The van der Waals surface area contributed by atoms with Gasteiger partial charge in [0.1, 0.15) is 0 Å². The van der Waals surface area contributed by atoms with E-state index in [0.29, 0.717) is 5.11 Å². The smallest absolute Gasteiger partial charge is 0.231 e. The molecule has 0 aliphatic carbocycles. The Morgan fingerprint density at radius 3 is 2.61 bits per heavy atom. The Labute approximate surface area is 141 Å². The van der Waals surface area contributed by atoms with E-state index in [-0.39, 0.29) is 12.8 Å². The van der Waals surface area contributed by atoms with Crippen molar-refractivity contribution in [2.45, 2.75) is 26.8 Å². The molecule has 0 saturated heterocycles. The molecule has 2 N–H and O–H groups in total. The first-order chi connectivity index (χ1) is 11.0. The summed E-state index contributed by atoms with van der Waals surface area (Å²) in [4.78, 5) is 0. The van der Waals surface area contributed by atoms with Gasteiger partial charge in [-0.3, -0.25) is 0 Å². The van der Waals surface area contributed by atoms with Crippen LogP contribution in [0.1, 0.15) is 29.7 Å². The number of anilines is 1. The van der Waals surface area contributed by atoms with Gasteiger partial charge in [0.2, 0.25) is 6.79 Å². The first-order valence-corrected chi connectivity index (χ1v) is 7.98. The minimum Gasteiger partial charge on any atom is -0.454 e. The Balaban J connectivity index is 1.64. The molecule has 0 saturated carbocycles. The molecular formula is C18H20N2O2S. The molecule has 5 heteroatoms. The Morgan fingerprint density at radius 1 is 1.04 bits per heavy atom. The van der Waals surface area contributed by atoms with Crippen LogP contribution in [0.2, 0.25) is 0 Å². The molecule has 1 aliphatic rings. The van der Waals surface area contributed by atoms with E-state index in [1.54, 1.807) is 0 Å². The molecule has 23 heavy (non-hydrogen) atoms. The van der Waals surface area contributed by atoms with E-state index in [2.05, 4.69) is 43.5 Å². The molecule has 120 valence electrons. The van der Waals surface area contributed by atoms with Crippen molar-refractivity contribution in [2.75, 3.05) is 12.1 Å². The number of hydrogen-bond acceptors (Lipinski definition) is 3. The van der Waals surface area contributed by atoms with Gasteiger partial charge in [0.05, 0.1) is 6.04 Å². The highest BCUT2D eigenvalue weighted by molar-refractivity contribution is 7.80. The zero-order valence-electron chi connectivity index (χ0n) is 13.5. The summed E-state index contributed by atoms with van der Waals surface area (Å²) >= 11 is 5.41. The predicted molar refractivity (Wildman–Crippen MR) is 96.3 cm³/mol. The zero-order chi connectivity index (χ0) is 16.4. The summed E-state index contributed by atoms with van der Waals surface area (Å²) in [5.41, 5.74) is 4.59. The molecule has 0 spiro atoms. The molecule has 2 aromatic carbocycles. The molecule has 4 nitrogen and oxygen atoms in total. The fourth-order valence-electron chi connectivity index (χ4n) is 2.45. The second-order valence-corrected chi connectivity index (χ2v) is 6.14. The SMILES string of the molecule is Cc1ccc(NC(=S)NC(C)c2ccc3c(c2)OCO3)cc1C. The molecule has 0 bridgehead atoms. The van der Waals surface area contributed by atoms with Crippen LogP contribution in [-0.2, 0) is 0 Å². The number of benzene rings is 2. The fourth-order valence-corrected chi connectivity index (χ4v) is 2.74. The molecule has 0 fully saturated rings. The standard InChI is InChI=1S/C18H20N2O2S/c1-11-4-6-15(8-12(11)2)20-18(23)19-13(3)14-5-7-16-17(9-14)22-10-21-16/h4-9,13H,10H2,1-3H3,(H2,19,20,23). The number of rotatable bonds is 3. The molecule has 1 aliphatic heterocycles. The van der Waals surface area contributed by atoms with Crippen molar-refractivity contribution in [3.63, 3.8) is 0 Å². The third-order valence-corrected chi connectivity index (χ3v) is 4.23. The maximum Gasteiger partial charge on any atom is 0.231 e. The highest BCUT2D eigenvalue weighted by Gasteiger charge is 2.16. The van der Waals surface area contributed by atoms with Crippen molar-refractivity contribution in [1.82, 2.24) is 5.32 Å². The normalized spacial score (nSPS) is 13.5. The Kier molecular flexibility index (Phi) is 4.39. The van der Waals surface area contributed by atoms with Crippen molar-refractivity contribution in [3.8, 4) is 11.5 Å². The maximum atomic E-state index is 5.42. The number of fused-ring (bicyclic) bond motifs is 1. The number of hydrogen-bond donors (Lipinski definition) is 2. The molecule has 0 aromatic heterocycles. The van der Waals surface area contributed by atoms with Gasteiger partial charge in [0, 0.05) is 5.69 Å². The fraction of sp³-hybridized carbons (Fsp3) is 0.278. The van der Waals surface area contributed by atoms with Crippen LogP contribution in [0.4, 0.5) is 5.69 Å². The van der Waals surface area contributed by atoms with Crippen LogP contribution in [0.5, 0.6) is 11.5 Å². The molecule has 2 aromatic rings. The van der Waals surface area contributed by atoms with Crippen LogP contribution in [-0.4, -0.2) is 11.9 Å². The first-order valence-electron chi connectivity index (χ1n) is 7.57. The van der Waals surface area contributed by atoms with Crippen molar-refractivity contribution >= 4 is 23.0 Å². The van der Waals surface area contributed by atoms with Crippen LogP contribution in [0.25, 0.3) is 0 Å². The molecule has 3 rings (SSSR count). The predicted octanol–water partition coefficient (Wildman–Crippen LogP) is 4.08. The second-order valence-electron chi connectivity index (χ2n) is 5.73.